The third-order valence-electron chi connectivity index (χ3n) is 3.11. The van der Waals surface area contributed by atoms with E-state index >= 15 is 0 Å². The van der Waals surface area contributed by atoms with E-state index in [0.29, 0.717) is 12.8 Å². The summed E-state index contributed by atoms with van der Waals surface area (Å²) < 4.78 is 26.3. The molecule has 1 aliphatic rings. The van der Waals surface area contributed by atoms with Crippen molar-refractivity contribution in [3.63, 3.8) is 0 Å². The van der Waals surface area contributed by atoms with E-state index in [-0.39, 0.29) is 0 Å². The third kappa shape index (κ3) is 1.92. The Labute approximate surface area is 91.9 Å². The van der Waals surface area contributed by atoms with E-state index in [1.165, 1.54) is 0 Å². The van der Waals surface area contributed by atoms with Gasteiger partial charge in [-0.2, -0.15) is 8.78 Å². The molecule has 0 spiro atoms. The monoisotopic (exact) mass is 226 g/mol. The molecule has 86 valence electrons. The zero-order valence-corrected chi connectivity index (χ0v) is 8.62. The van der Waals surface area contributed by atoms with Crippen LogP contribution in [0.25, 0.3) is 0 Å². The van der Waals surface area contributed by atoms with Gasteiger partial charge in [-0.05, 0) is 18.4 Å². The Morgan fingerprint density at radius 3 is 2.31 bits per heavy atom. The van der Waals surface area contributed by atoms with Gasteiger partial charge in [-0.25, -0.2) is 4.79 Å². The molecule has 0 amide bonds. The van der Waals surface area contributed by atoms with Crippen molar-refractivity contribution in [3.8, 4) is 0 Å². The first-order valence-electron chi connectivity index (χ1n) is 5.13. The molecule has 1 aliphatic carbocycles. The van der Waals surface area contributed by atoms with Crippen LogP contribution in [0.4, 0.5) is 8.78 Å². The molecule has 1 fully saturated rings. The first kappa shape index (κ1) is 11.0. The number of rotatable bonds is 4. The van der Waals surface area contributed by atoms with Gasteiger partial charge in [-0.15, -0.1) is 0 Å². The zero-order valence-electron chi connectivity index (χ0n) is 8.62. The van der Waals surface area contributed by atoms with Crippen LogP contribution < -0.4 is 0 Å². The standard InChI is InChI=1S/C12H12F2O2/c13-12(14,10(15)16)8-11(6-7-11)9-4-2-1-3-5-9/h1-5H,6-8H2,(H,15,16). The molecule has 0 unspecified atom stereocenters. The summed E-state index contributed by atoms with van der Waals surface area (Å²) in [6.45, 7) is 0. The fraction of sp³-hybridized carbons (Fsp3) is 0.417. The summed E-state index contributed by atoms with van der Waals surface area (Å²) in [5, 5.41) is 8.43. The van der Waals surface area contributed by atoms with Crippen LogP contribution >= 0.6 is 0 Å². The van der Waals surface area contributed by atoms with Crippen LogP contribution in [0.1, 0.15) is 24.8 Å². The van der Waals surface area contributed by atoms with Gasteiger partial charge in [0.15, 0.2) is 0 Å². The maximum absolute atomic E-state index is 13.2. The molecule has 0 atom stereocenters. The van der Waals surface area contributed by atoms with Crippen LogP contribution in [0.5, 0.6) is 0 Å². The summed E-state index contributed by atoms with van der Waals surface area (Å²) in [6, 6.07) is 8.95. The number of carboxylic acid groups (broad SMARTS) is 1. The van der Waals surface area contributed by atoms with Crippen molar-refractivity contribution in [2.75, 3.05) is 0 Å². The van der Waals surface area contributed by atoms with Crippen molar-refractivity contribution in [2.45, 2.75) is 30.6 Å². The van der Waals surface area contributed by atoms with Crippen LogP contribution in [0, 0.1) is 0 Å². The maximum Gasteiger partial charge on any atom is 0.374 e. The molecule has 1 N–H and O–H groups in total. The van der Waals surface area contributed by atoms with E-state index in [1.54, 1.807) is 24.3 Å². The average Bonchev–Trinajstić information content (AvgIpc) is 2.99. The summed E-state index contributed by atoms with van der Waals surface area (Å²) in [7, 11) is 0. The summed E-state index contributed by atoms with van der Waals surface area (Å²) in [4.78, 5) is 10.4. The van der Waals surface area contributed by atoms with Gasteiger partial charge >= 0.3 is 11.9 Å². The van der Waals surface area contributed by atoms with E-state index in [2.05, 4.69) is 0 Å². The Kier molecular flexibility index (Phi) is 2.45. The Morgan fingerprint density at radius 1 is 1.31 bits per heavy atom. The molecule has 1 saturated carbocycles. The molecule has 0 radical (unpaired) electrons. The quantitative estimate of drug-likeness (QED) is 0.857. The van der Waals surface area contributed by atoms with Crippen molar-refractivity contribution >= 4 is 5.97 Å². The second-order valence-electron chi connectivity index (χ2n) is 4.33. The molecule has 1 aromatic carbocycles. The highest BCUT2D eigenvalue weighted by molar-refractivity contribution is 5.75. The predicted octanol–water partition coefficient (Wildman–Crippen LogP) is 2.83. The van der Waals surface area contributed by atoms with Crippen LogP contribution in [-0.2, 0) is 10.2 Å². The van der Waals surface area contributed by atoms with Gasteiger partial charge in [0, 0.05) is 11.8 Å². The number of halogens is 2. The van der Waals surface area contributed by atoms with Gasteiger partial charge in [-0.1, -0.05) is 30.3 Å². The molecule has 0 bridgehead atoms. The van der Waals surface area contributed by atoms with Crippen molar-refractivity contribution in [1.29, 1.82) is 0 Å². The predicted molar refractivity (Wildman–Crippen MR) is 54.6 cm³/mol. The lowest BCUT2D eigenvalue weighted by Crippen LogP contribution is -2.32. The molecule has 0 aliphatic heterocycles. The van der Waals surface area contributed by atoms with Gasteiger partial charge < -0.3 is 5.11 Å². The van der Waals surface area contributed by atoms with Gasteiger partial charge in [0.1, 0.15) is 0 Å². The zero-order chi connectivity index (χ0) is 11.8. The Bertz CT molecular complexity index is 397. The number of hydrogen-bond acceptors (Lipinski definition) is 1. The van der Waals surface area contributed by atoms with Crippen LogP contribution in [-0.4, -0.2) is 17.0 Å². The van der Waals surface area contributed by atoms with Crippen LogP contribution in [0.3, 0.4) is 0 Å². The van der Waals surface area contributed by atoms with Gasteiger partial charge in [0.25, 0.3) is 0 Å². The van der Waals surface area contributed by atoms with E-state index in [1.807, 2.05) is 6.07 Å². The molecule has 0 aromatic heterocycles. The molecule has 2 rings (SSSR count). The minimum atomic E-state index is -3.63. The Hall–Kier alpha value is -1.45. The molecule has 0 heterocycles. The summed E-state index contributed by atoms with van der Waals surface area (Å²) in [5.74, 6) is -5.67. The molecular weight excluding hydrogens is 214 g/mol. The van der Waals surface area contributed by atoms with Gasteiger partial charge in [-0.3, -0.25) is 0 Å². The van der Waals surface area contributed by atoms with Crippen molar-refractivity contribution in [3.05, 3.63) is 35.9 Å². The number of carbonyl (C=O) groups is 1. The molecule has 16 heavy (non-hydrogen) atoms. The molecular formula is C12H12F2O2. The lowest BCUT2D eigenvalue weighted by atomic mass is 9.89. The number of carboxylic acids is 1. The third-order valence-corrected chi connectivity index (χ3v) is 3.11. The fourth-order valence-corrected chi connectivity index (χ4v) is 2.01. The normalized spacial score (nSPS) is 18.1. The van der Waals surface area contributed by atoms with Gasteiger partial charge in [0.2, 0.25) is 0 Å². The van der Waals surface area contributed by atoms with Gasteiger partial charge in [0.05, 0.1) is 0 Å². The van der Waals surface area contributed by atoms with E-state index in [0.717, 1.165) is 5.56 Å². The van der Waals surface area contributed by atoms with E-state index < -0.39 is 23.7 Å². The van der Waals surface area contributed by atoms with E-state index in [9.17, 15) is 13.6 Å². The topological polar surface area (TPSA) is 37.3 Å². The van der Waals surface area contributed by atoms with Crippen molar-refractivity contribution in [1.82, 2.24) is 0 Å². The smallest absolute Gasteiger partial charge is 0.374 e. The first-order valence-corrected chi connectivity index (χ1v) is 5.13. The lowest BCUT2D eigenvalue weighted by molar-refractivity contribution is -0.166. The number of aliphatic carboxylic acids is 1. The molecule has 4 heteroatoms. The summed E-state index contributed by atoms with van der Waals surface area (Å²) in [6.07, 6.45) is 0.680. The van der Waals surface area contributed by atoms with E-state index in [4.69, 9.17) is 5.11 Å². The minimum Gasteiger partial charge on any atom is -0.477 e. The highest BCUT2D eigenvalue weighted by Gasteiger charge is 2.54. The highest BCUT2D eigenvalue weighted by Crippen LogP contribution is 2.54. The summed E-state index contributed by atoms with van der Waals surface area (Å²) in [5.41, 5.74) is 0.194. The number of benzene rings is 1. The van der Waals surface area contributed by atoms with Crippen molar-refractivity contribution in [2.24, 2.45) is 0 Å². The Balaban J connectivity index is 2.19. The van der Waals surface area contributed by atoms with Crippen molar-refractivity contribution < 1.29 is 18.7 Å². The largest absolute Gasteiger partial charge is 0.477 e. The van der Waals surface area contributed by atoms with Crippen LogP contribution in [0.15, 0.2) is 30.3 Å². The molecule has 0 saturated heterocycles. The number of hydrogen-bond donors (Lipinski definition) is 1. The highest BCUT2D eigenvalue weighted by atomic mass is 19.3. The molecule has 1 aromatic rings. The molecule has 2 nitrogen and oxygen atoms in total. The summed E-state index contributed by atoms with van der Waals surface area (Å²) >= 11 is 0. The number of alkyl halides is 2. The second kappa shape index (κ2) is 3.54. The average molecular weight is 226 g/mol. The lowest BCUT2D eigenvalue weighted by Gasteiger charge is -2.20. The fourth-order valence-electron chi connectivity index (χ4n) is 2.01. The van der Waals surface area contributed by atoms with Crippen LogP contribution in [0.2, 0.25) is 0 Å². The second-order valence-corrected chi connectivity index (χ2v) is 4.33. The maximum atomic E-state index is 13.2. The first-order chi connectivity index (χ1) is 7.46. The Morgan fingerprint density at radius 2 is 1.88 bits per heavy atom. The minimum absolute atomic E-state index is 0.598. The SMILES string of the molecule is O=C(O)C(F)(F)CC1(c2ccccc2)CC1.